The molecule has 2 aromatic rings. The number of aryl methyl sites for hydroxylation is 1. The summed E-state index contributed by atoms with van der Waals surface area (Å²) < 4.78 is 40.2. The van der Waals surface area contributed by atoms with Gasteiger partial charge in [0.1, 0.15) is 11.3 Å². The molecule has 5 nitrogen and oxygen atoms in total. The highest BCUT2D eigenvalue weighted by molar-refractivity contribution is 6.04. The second-order valence-corrected chi connectivity index (χ2v) is 6.39. The van der Waals surface area contributed by atoms with Gasteiger partial charge < -0.3 is 15.0 Å². The highest BCUT2D eigenvalue weighted by Crippen LogP contribution is 2.25. The molecule has 0 fully saturated rings. The third kappa shape index (κ3) is 4.25. The van der Waals surface area contributed by atoms with Crippen molar-refractivity contribution in [1.29, 1.82) is 0 Å². The van der Waals surface area contributed by atoms with Crippen LogP contribution in [-0.4, -0.2) is 17.3 Å². The number of benzene rings is 1. The second-order valence-electron chi connectivity index (χ2n) is 6.39. The summed E-state index contributed by atoms with van der Waals surface area (Å²) >= 11 is 0. The van der Waals surface area contributed by atoms with Gasteiger partial charge in [0.15, 0.2) is 0 Å². The van der Waals surface area contributed by atoms with Crippen LogP contribution in [0.4, 0.5) is 18.9 Å². The van der Waals surface area contributed by atoms with Crippen molar-refractivity contribution in [3.8, 4) is 5.75 Å². The maximum absolute atomic E-state index is 12.4. The van der Waals surface area contributed by atoms with Crippen LogP contribution in [0.1, 0.15) is 35.0 Å². The molecule has 0 radical (unpaired) electrons. The van der Waals surface area contributed by atoms with E-state index in [1.165, 1.54) is 12.1 Å². The minimum Gasteiger partial charge on any atom is -0.406 e. The van der Waals surface area contributed by atoms with E-state index in [2.05, 4.69) is 22.0 Å². The Balaban J connectivity index is 1.76. The fourth-order valence-electron chi connectivity index (χ4n) is 2.99. The van der Waals surface area contributed by atoms with Crippen molar-refractivity contribution < 1.29 is 22.7 Å². The summed E-state index contributed by atoms with van der Waals surface area (Å²) in [6.45, 7) is 2.11. The number of amides is 1. The molecule has 26 heavy (non-hydrogen) atoms. The zero-order valence-corrected chi connectivity index (χ0v) is 13.9. The molecule has 0 aliphatic heterocycles. The molecule has 1 aliphatic carbocycles. The van der Waals surface area contributed by atoms with E-state index in [1.54, 1.807) is 6.07 Å². The average Bonchev–Trinajstić information content (AvgIpc) is 2.55. The fourth-order valence-corrected chi connectivity index (χ4v) is 2.99. The lowest BCUT2D eigenvalue weighted by Gasteiger charge is -2.21. The molecule has 1 amide bonds. The van der Waals surface area contributed by atoms with Crippen LogP contribution < -0.4 is 15.6 Å². The van der Waals surface area contributed by atoms with Gasteiger partial charge in [-0.25, -0.2) is 0 Å². The van der Waals surface area contributed by atoms with E-state index in [4.69, 9.17) is 0 Å². The third-order valence-electron chi connectivity index (χ3n) is 4.26. The number of rotatable bonds is 3. The maximum Gasteiger partial charge on any atom is 0.573 e. The van der Waals surface area contributed by atoms with Gasteiger partial charge in [-0.1, -0.05) is 6.92 Å². The number of anilines is 1. The van der Waals surface area contributed by atoms with Crippen LogP contribution in [0.15, 0.2) is 35.1 Å². The number of H-pyrrole nitrogens is 1. The van der Waals surface area contributed by atoms with E-state index < -0.39 is 23.6 Å². The smallest absolute Gasteiger partial charge is 0.406 e. The van der Waals surface area contributed by atoms with E-state index in [1.807, 2.05) is 0 Å². The Bertz CT molecular complexity index is 873. The van der Waals surface area contributed by atoms with E-state index in [-0.39, 0.29) is 11.3 Å². The number of ether oxygens (including phenoxy) is 1. The zero-order chi connectivity index (χ0) is 18.9. The van der Waals surface area contributed by atoms with Crippen molar-refractivity contribution in [2.24, 2.45) is 5.92 Å². The summed E-state index contributed by atoms with van der Waals surface area (Å²) in [5.41, 5.74) is 1.57. The third-order valence-corrected chi connectivity index (χ3v) is 4.26. The maximum atomic E-state index is 12.4. The Hall–Kier alpha value is -2.77. The number of nitrogens with one attached hydrogen (secondary N) is 2. The summed E-state index contributed by atoms with van der Waals surface area (Å²) in [5, 5.41) is 2.51. The Morgan fingerprint density at radius 2 is 1.96 bits per heavy atom. The molecule has 0 spiro atoms. The first-order chi connectivity index (χ1) is 12.2. The van der Waals surface area contributed by atoms with Crippen molar-refractivity contribution in [1.82, 2.24) is 4.98 Å². The lowest BCUT2D eigenvalue weighted by Crippen LogP contribution is -2.27. The number of halogens is 3. The Morgan fingerprint density at radius 1 is 1.27 bits per heavy atom. The standard InChI is InChI=1S/C18H17F3N2O3/c1-10-2-7-15-11(8-10)9-14(17(25)23-15)16(24)22-12-3-5-13(6-4-12)26-18(19,20)21/h3-6,9-10H,2,7-8H2,1H3,(H,22,24)(H,23,25)/t10-/m0/s1. The van der Waals surface area contributed by atoms with Crippen LogP contribution in [0.2, 0.25) is 0 Å². The van der Waals surface area contributed by atoms with Gasteiger partial charge in [-0.15, -0.1) is 13.2 Å². The SMILES string of the molecule is C[C@H]1CCc2[nH]c(=O)c(C(=O)Nc3ccc(OC(F)(F)F)cc3)cc2C1. The van der Waals surface area contributed by atoms with Crippen molar-refractivity contribution in [2.75, 3.05) is 5.32 Å². The lowest BCUT2D eigenvalue weighted by atomic mass is 9.87. The predicted octanol–water partition coefficient (Wildman–Crippen LogP) is 3.65. The Morgan fingerprint density at radius 3 is 2.62 bits per heavy atom. The number of pyridine rings is 1. The molecule has 1 heterocycles. The number of aromatic nitrogens is 1. The summed E-state index contributed by atoms with van der Waals surface area (Å²) in [6.07, 6.45) is -2.23. The molecule has 2 N–H and O–H groups in total. The zero-order valence-electron chi connectivity index (χ0n) is 13.9. The minimum absolute atomic E-state index is 0.0199. The van der Waals surface area contributed by atoms with Crippen molar-refractivity contribution in [2.45, 2.75) is 32.5 Å². The van der Waals surface area contributed by atoms with Gasteiger partial charge in [-0.2, -0.15) is 0 Å². The van der Waals surface area contributed by atoms with Crippen molar-refractivity contribution in [3.05, 3.63) is 57.5 Å². The largest absolute Gasteiger partial charge is 0.573 e. The van der Waals surface area contributed by atoms with Crippen LogP contribution in [0.5, 0.6) is 5.75 Å². The number of carbonyl (C=O) groups is 1. The highest BCUT2D eigenvalue weighted by atomic mass is 19.4. The predicted molar refractivity (Wildman–Crippen MR) is 89.3 cm³/mol. The van der Waals surface area contributed by atoms with Crippen LogP contribution in [0.25, 0.3) is 0 Å². The summed E-state index contributed by atoms with van der Waals surface area (Å²) in [7, 11) is 0. The first kappa shape index (κ1) is 18.0. The minimum atomic E-state index is -4.78. The number of hydrogen-bond acceptors (Lipinski definition) is 3. The number of hydrogen-bond donors (Lipinski definition) is 2. The first-order valence-corrected chi connectivity index (χ1v) is 8.13. The molecule has 1 aliphatic rings. The van der Waals surface area contributed by atoms with E-state index >= 15 is 0 Å². The molecule has 0 saturated heterocycles. The number of alkyl halides is 3. The topological polar surface area (TPSA) is 71.2 Å². The van der Waals surface area contributed by atoms with Gasteiger partial charge in [0.05, 0.1) is 0 Å². The van der Waals surface area contributed by atoms with Crippen molar-refractivity contribution in [3.63, 3.8) is 0 Å². The van der Waals surface area contributed by atoms with Gasteiger partial charge >= 0.3 is 6.36 Å². The second kappa shape index (κ2) is 6.86. The highest BCUT2D eigenvalue weighted by Gasteiger charge is 2.31. The van der Waals surface area contributed by atoms with Crippen LogP contribution >= 0.6 is 0 Å². The normalized spacial score (nSPS) is 16.7. The van der Waals surface area contributed by atoms with Gasteiger partial charge in [0, 0.05) is 11.4 Å². The van der Waals surface area contributed by atoms with Crippen molar-refractivity contribution >= 4 is 11.6 Å². The van der Waals surface area contributed by atoms with Gasteiger partial charge in [0.2, 0.25) is 0 Å². The monoisotopic (exact) mass is 366 g/mol. The number of carbonyl (C=O) groups excluding carboxylic acids is 1. The average molecular weight is 366 g/mol. The van der Waals surface area contributed by atoms with Gasteiger partial charge in [0.25, 0.3) is 11.5 Å². The molecule has 1 atom stereocenters. The summed E-state index contributed by atoms with van der Waals surface area (Å²) in [4.78, 5) is 27.3. The first-order valence-electron chi connectivity index (χ1n) is 8.13. The molecule has 8 heteroatoms. The number of fused-ring (bicyclic) bond motifs is 1. The molecule has 0 saturated carbocycles. The molecule has 0 unspecified atom stereocenters. The Kier molecular flexibility index (Phi) is 4.76. The van der Waals surface area contributed by atoms with Crippen LogP contribution in [0.3, 0.4) is 0 Å². The van der Waals surface area contributed by atoms with E-state index in [9.17, 15) is 22.8 Å². The molecule has 0 bridgehead atoms. The quantitative estimate of drug-likeness (QED) is 0.871. The molecular formula is C18H17F3N2O3. The van der Waals surface area contributed by atoms with Gasteiger partial charge in [-0.3, -0.25) is 9.59 Å². The van der Waals surface area contributed by atoms with E-state index in [0.717, 1.165) is 42.7 Å². The van der Waals surface area contributed by atoms with Gasteiger partial charge in [-0.05, 0) is 61.1 Å². The molecule has 138 valence electrons. The molecular weight excluding hydrogens is 349 g/mol. The number of aromatic amines is 1. The lowest BCUT2D eigenvalue weighted by molar-refractivity contribution is -0.274. The molecule has 1 aromatic heterocycles. The summed E-state index contributed by atoms with van der Waals surface area (Å²) in [5.74, 6) is -0.529. The van der Waals surface area contributed by atoms with E-state index in [0.29, 0.717) is 5.92 Å². The Labute approximate surface area is 147 Å². The molecule has 1 aromatic carbocycles. The van der Waals surface area contributed by atoms with Crippen LogP contribution in [0, 0.1) is 5.92 Å². The fraction of sp³-hybridized carbons (Fsp3) is 0.333. The summed E-state index contributed by atoms with van der Waals surface area (Å²) in [6, 6.07) is 6.31. The molecule has 3 rings (SSSR count). The van der Waals surface area contributed by atoms with Crippen LogP contribution in [-0.2, 0) is 12.8 Å².